The number of benzene rings is 1. The van der Waals surface area contributed by atoms with Crippen molar-refractivity contribution < 1.29 is 4.79 Å². The zero-order chi connectivity index (χ0) is 17.1. The van der Waals surface area contributed by atoms with Crippen LogP contribution in [0.15, 0.2) is 46.8 Å². The molecule has 0 aliphatic carbocycles. The SMILES string of the molecule is CCc1ccc(C(C)NC(=O)Cn2cnc3sccc3c2=O)cc1. The lowest BCUT2D eigenvalue weighted by molar-refractivity contribution is -0.122. The Morgan fingerprint density at radius 1 is 1.29 bits per heavy atom. The zero-order valence-electron chi connectivity index (χ0n) is 13.7. The number of hydrogen-bond acceptors (Lipinski definition) is 4. The van der Waals surface area contributed by atoms with Gasteiger partial charge in [0.05, 0.1) is 17.8 Å². The van der Waals surface area contributed by atoms with E-state index in [0.29, 0.717) is 10.2 Å². The topological polar surface area (TPSA) is 64.0 Å². The minimum Gasteiger partial charge on any atom is -0.348 e. The van der Waals surface area contributed by atoms with Gasteiger partial charge in [-0.05, 0) is 35.9 Å². The molecule has 24 heavy (non-hydrogen) atoms. The number of nitrogens with one attached hydrogen (secondary N) is 1. The highest BCUT2D eigenvalue weighted by atomic mass is 32.1. The number of hydrogen-bond donors (Lipinski definition) is 1. The van der Waals surface area contributed by atoms with Crippen LogP contribution in [-0.2, 0) is 17.8 Å². The molecule has 5 nitrogen and oxygen atoms in total. The van der Waals surface area contributed by atoms with Crippen LogP contribution in [0.2, 0.25) is 0 Å². The Labute approximate surface area is 144 Å². The van der Waals surface area contributed by atoms with Crippen LogP contribution in [0.25, 0.3) is 10.2 Å². The van der Waals surface area contributed by atoms with Gasteiger partial charge in [0.15, 0.2) is 0 Å². The molecule has 124 valence electrons. The van der Waals surface area contributed by atoms with Gasteiger partial charge in [0.2, 0.25) is 5.91 Å². The van der Waals surface area contributed by atoms with Gasteiger partial charge < -0.3 is 5.32 Å². The van der Waals surface area contributed by atoms with Crippen molar-refractivity contribution in [2.45, 2.75) is 32.9 Å². The first-order chi connectivity index (χ1) is 11.6. The first-order valence-corrected chi connectivity index (χ1v) is 8.77. The maximum Gasteiger partial charge on any atom is 0.262 e. The van der Waals surface area contributed by atoms with Crippen molar-refractivity contribution in [1.29, 1.82) is 0 Å². The van der Waals surface area contributed by atoms with Crippen molar-refractivity contribution in [3.63, 3.8) is 0 Å². The van der Waals surface area contributed by atoms with E-state index >= 15 is 0 Å². The van der Waals surface area contributed by atoms with Crippen molar-refractivity contribution in [1.82, 2.24) is 14.9 Å². The summed E-state index contributed by atoms with van der Waals surface area (Å²) >= 11 is 1.41. The summed E-state index contributed by atoms with van der Waals surface area (Å²) in [5, 5.41) is 5.31. The second-order valence-electron chi connectivity index (χ2n) is 5.70. The van der Waals surface area contributed by atoms with Gasteiger partial charge in [-0.15, -0.1) is 11.3 Å². The van der Waals surface area contributed by atoms with Gasteiger partial charge >= 0.3 is 0 Å². The highest BCUT2D eigenvalue weighted by molar-refractivity contribution is 7.16. The molecule has 1 amide bonds. The number of carbonyl (C=O) groups is 1. The molecule has 0 aliphatic rings. The third kappa shape index (κ3) is 3.38. The Hall–Kier alpha value is -2.47. The molecule has 0 spiro atoms. The van der Waals surface area contributed by atoms with Crippen molar-refractivity contribution in [3.8, 4) is 0 Å². The van der Waals surface area contributed by atoms with Gasteiger partial charge in [0.1, 0.15) is 11.4 Å². The normalized spacial score (nSPS) is 12.2. The predicted molar refractivity (Wildman–Crippen MR) is 96.3 cm³/mol. The summed E-state index contributed by atoms with van der Waals surface area (Å²) in [6.45, 7) is 4.01. The number of rotatable bonds is 5. The van der Waals surface area contributed by atoms with E-state index < -0.39 is 0 Å². The Kier molecular flexibility index (Phi) is 4.76. The van der Waals surface area contributed by atoms with Crippen LogP contribution in [0.5, 0.6) is 0 Å². The number of thiophene rings is 1. The molecule has 3 aromatic rings. The van der Waals surface area contributed by atoms with Crippen molar-refractivity contribution in [3.05, 3.63) is 63.5 Å². The molecule has 0 saturated heterocycles. The van der Waals surface area contributed by atoms with E-state index in [1.165, 1.54) is 27.8 Å². The Bertz CT molecular complexity index is 912. The third-order valence-corrected chi connectivity index (χ3v) is 4.85. The molecule has 1 N–H and O–H groups in total. The van der Waals surface area contributed by atoms with Crippen LogP contribution in [-0.4, -0.2) is 15.5 Å². The van der Waals surface area contributed by atoms with E-state index in [9.17, 15) is 9.59 Å². The number of nitrogens with zero attached hydrogens (tertiary/aromatic N) is 2. The first-order valence-electron chi connectivity index (χ1n) is 7.89. The summed E-state index contributed by atoms with van der Waals surface area (Å²) in [6.07, 6.45) is 2.42. The fourth-order valence-electron chi connectivity index (χ4n) is 2.57. The molecule has 3 rings (SSSR count). The van der Waals surface area contributed by atoms with Crippen LogP contribution in [0.4, 0.5) is 0 Å². The van der Waals surface area contributed by atoms with Gasteiger partial charge in [-0.25, -0.2) is 4.98 Å². The largest absolute Gasteiger partial charge is 0.348 e. The molecule has 0 fully saturated rings. The summed E-state index contributed by atoms with van der Waals surface area (Å²) in [5.74, 6) is -0.208. The maximum atomic E-state index is 12.3. The van der Waals surface area contributed by atoms with Crippen LogP contribution in [0, 0.1) is 0 Å². The Morgan fingerprint density at radius 3 is 2.75 bits per heavy atom. The molecule has 0 aliphatic heterocycles. The van der Waals surface area contributed by atoms with E-state index in [0.717, 1.165) is 12.0 Å². The second-order valence-corrected chi connectivity index (χ2v) is 6.60. The minimum absolute atomic E-state index is 0.0327. The maximum absolute atomic E-state index is 12.3. The molecule has 0 saturated carbocycles. The fraction of sp³-hybridized carbons (Fsp3) is 0.278. The van der Waals surface area contributed by atoms with E-state index in [4.69, 9.17) is 0 Å². The van der Waals surface area contributed by atoms with E-state index in [1.54, 1.807) is 6.07 Å². The zero-order valence-corrected chi connectivity index (χ0v) is 14.5. The number of aryl methyl sites for hydroxylation is 1. The molecular formula is C18H19N3O2S. The van der Waals surface area contributed by atoms with E-state index in [-0.39, 0.29) is 24.1 Å². The Morgan fingerprint density at radius 2 is 2.04 bits per heavy atom. The molecule has 0 radical (unpaired) electrons. The van der Waals surface area contributed by atoms with Crippen molar-refractivity contribution in [2.24, 2.45) is 0 Å². The molecule has 0 bridgehead atoms. The van der Waals surface area contributed by atoms with Gasteiger partial charge in [0, 0.05) is 0 Å². The molecule has 1 atom stereocenters. The van der Waals surface area contributed by atoms with E-state index in [2.05, 4.69) is 29.4 Å². The highest BCUT2D eigenvalue weighted by Crippen LogP contribution is 2.15. The van der Waals surface area contributed by atoms with Crippen molar-refractivity contribution >= 4 is 27.5 Å². The minimum atomic E-state index is -0.208. The number of aromatic nitrogens is 2. The smallest absolute Gasteiger partial charge is 0.262 e. The van der Waals surface area contributed by atoms with Gasteiger partial charge in [-0.2, -0.15) is 0 Å². The summed E-state index contributed by atoms with van der Waals surface area (Å²) in [7, 11) is 0. The summed E-state index contributed by atoms with van der Waals surface area (Å²) in [5.41, 5.74) is 2.12. The van der Waals surface area contributed by atoms with Gasteiger partial charge in [-0.1, -0.05) is 31.2 Å². The lowest BCUT2D eigenvalue weighted by Gasteiger charge is -2.15. The number of amides is 1. The lowest BCUT2D eigenvalue weighted by Crippen LogP contribution is -2.33. The first kappa shape index (κ1) is 16.4. The highest BCUT2D eigenvalue weighted by Gasteiger charge is 2.12. The number of carbonyl (C=O) groups excluding carboxylic acids is 1. The Balaban J connectivity index is 1.69. The summed E-state index contributed by atoms with van der Waals surface area (Å²) in [4.78, 5) is 29.5. The summed E-state index contributed by atoms with van der Waals surface area (Å²) < 4.78 is 1.34. The fourth-order valence-corrected chi connectivity index (χ4v) is 3.30. The van der Waals surface area contributed by atoms with Crippen LogP contribution >= 0.6 is 11.3 Å². The molecule has 2 heterocycles. The molecule has 6 heteroatoms. The molecular weight excluding hydrogens is 322 g/mol. The van der Waals surface area contributed by atoms with E-state index in [1.807, 2.05) is 24.4 Å². The average molecular weight is 341 g/mol. The van der Waals surface area contributed by atoms with Gasteiger partial charge in [0.25, 0.3) is 5.56 Å². The molecule has 2 aromatic heterocycles. The second kappa shape index (κ2) is 6.97. The molecule has 1 unspecified atom stereocenters. The monoisotopic (exact) mass is 341 g/mol. The van der Waals surface area contributed by atoms with Crippen molar-refractivity contribution in [2.75, 3.05) is 0 Å². The molecule has 1 aromatic carbocycles. The lowest BCUT2D eigenvalue weighted by atomic mass is 10.1. The van der Waals surface area contributed by atoms with Gasteiger partial charge in [-0.3, -0.25) is 14.2 Å². The standard InChI is InChI=1S/C18H19N3O2S/c1-3-13-4-6-14(7-5-13)12(2)20-16(22)10-21-11-19-17-15(18(21)23)8-9-24-17/h4-9,11-12H,3,10H2,1-2H3,(H,20,22). The van der Waals surface area contributed by atoms with Crippen LogP contribution in [0.1, 0.15) is 31.0 Å². The van der Waals surface area contributed by atoms with Crippen LogP contribution in [0.3, 0.4) is 0 Å². The average Bonchev–Trinajstić information content (AvgIpc) is 3.07. The summed E-state index contributed by atoms with van der Waals surface area (Å²) in [6, 6.07) is 9.80. The third-order valence-electron chi connectivity index (χ3n) is 4.03. The predicted octanol–water partition coefficient (Wildman–Crippen LogP) is 2.90. The number of fused-ring (bicyclic) bond motifs is 1. The quantitative estimate of drug-likeness (QED) is 0.776. The van der Waals surface area contributed by atoms with Crippen LogP contribution < -0.4 is 10.9 Å².